The van der Waals surface area contributed by atoms with E-state index in [-0.39, 0.29) is 0 Å². The fraction of sp³-hybridized carbons (Fsp3) is 0.333. The van der Waals surface area contributed by atoms with Crippen molar-refractivity contribution in [2.75, 3.05) is 17.7 Å². The summed E-state index contributed by atoms with van der Waals surface area (Å²) in [5.74, 6) is 1.18. The molecule has 2 aromatic rings. The molecule has 2 rings (SSSR count). The van der Waals surface area contributed by atoms with Crippen LogP contribution in [-0.2, 0) is 13.6 Å². The largest absolute Gasteiger partial charge is 0.368 e. The molecule has 6 heteroatoms. The number of nitrogens with one attached hydrogen (secondary N) is 1. The van der Waals surface area contributed by atoms with Crippen LogP contribution in [0.1, 0.15) is 5.56 Å². The lowest BCUT2D eigenvalue weighted by Crippen LogP contribution is -2.20. The van der Waals surface area contributed by atoms with Crippen LogP contribution in [0.3, 0.4) is 0 Å². The molecule has 0 aliphatic heterocycles. The van der Waals surface area contributed by atoms with Crippen LogP contribution in [-0.4, -0.2) is 26.8 Å². The zero-order valence-corrected chi connectivity index (χ0v) is 8.81. The third kappa shape index (κ3) is 1.78. The molecule has 15 heavy (non-hydrogen) atoms. The van der Waals surface area contributed by atoms with Crippen molar-refractivity contribution in [1.29, 1.82) is 0 Å². The van der Waals surface area contributed by atoms with Gasteiger partial charge in [0, 0.05) is 33.0 Å². The number of nitrogens with two attached hydrogens (primary N) is 1. The normalized spacial score (nSPS) is 10.5. The van der Waals surface area contributed by atoms with Gasteiger partial charge in [-0.15, -0.1) is 10.2 Å². The summed E-state index contributed by atoms with van der Waals surface area (Å²) in [5, 5.41) is 7.81. The molecule has 3 N–H and O–H groups in total. The number of anilines is 2. The average molecular weight is 206 g/mol. The Morgan fingerprint density at radius 3 is 2.87 bits per heavy atom. The summed E-state index contributed by atoms with van der Waals surface area (Å²) in [5.41, 5.74) is 6.80. The summed E-state index contributed by atoms with van der Waals surface area (Å²) in [6, 6.07) is 2.02. The first-order valence-corrected chi connectivity index (χ1v) is 4.66. The van der Waals surface area contributed by atoms with Crippen LogP contribution in [0.4, 0.5) is 11.9 Å². The summed E-state index contributed by atoms with van der Waals surface area (Å²) in [6.45, 7) is 0.773. The maximum absolute atomic E-state index is 5.61. The molecule has 0 saturated carbocycles. The topological polar surface area (TPSA) is 75.8 Å². The molecule has 0 fully saturated rings. The van der Waals surface area contributed by atoms with E-state index in [1.807, 2.05) is 37.5 Å². The second kappa shape index (κ2) is 3.64. The van der Waals surface area contributed by atoms with Crippen molar-refractivity contribution >= 4 is 11.9 Å². The molecule has 0 aromatic carbocycles. The van der Waals surface area contributed by atoms with Crippen LogP contribution in [0.2, 0.25) is 0 Å². The molecule has 0 atom stereocenters. The fourth-order valence-corrected chi connectivity index (χ4v) is 1.47. The first-order valence-electron chi connectivity index (χ1n) is 4.66. The van der Waals surface area contributed by atoms with Gasteiger partial charge in [-0.2, -0.15) is 0 Å². The first-order chi connectivity index (χ1) is 7.18. The Balaban J connectivity index is 2.14. The molecule has 0 spiro atoms. The second-order valence-corrected chi connectivity index (χ2v) is 3.49. The summed E-state index contributed by atoms with van der Waals surface area (Å²) in [4.78, 5) is 5.00. The van der Waals surface area contributed by atoms with Gasteiger partial charge in [0.25, 0.3) is 0 Å². The lowest BCUT2D eigenvalue weighted by atomic mass is 10.3. The minimum atomic E-state index is 0.422. The summed E-state index contributed by atoms with van der Waals surface area (Å²) < 4.78 is 1.76. The van der Waals surface area contributed by atoms with Crippen LogP contribution in [0, 0.1) is 0 Å². The average Bonchev–Trinajstić information content (AvgIpc) is 2.79. The van der Waals surface area contributed by atoms with E-state index in [0.29, 0.717) is 5.95 Å². The van der Waals surface area contributed by atoms with Crippen LogP contribution >= 0.6 is 0 Å². The highest BCUT2D eigenvalue weighted by Crippen LogP contribution is 2.13. The van der Waals surface area contributed by atoms with E-state index in [0.717, 1.165) is 12.5 Å². The summed E-state index contributed by atoms with van der Waals surface area (Å²) in [6.07, 6.45) is 3.85. The van der Waals surface area contributed by atoms with Crippen molar-refractivity contribution in [3.8, 4) is 0 Å². The van der Waals surface area contributed by atoms with Gasteiger partial charge in [-0.25, -0.2) is 0 Å². The monoisotopic (exact) mass is 206 g/mol. The Labute approximate surface area is 87.7 Å². The van der Waals surface area contributed by atoms with Gasteiger partial charge in [0.05, 0.1) is 0 Å². The van der Waals surface area contributed by atoms with Crippen LogP contribution in [0.15, 0.2) is 18.5 Å². The number of aromatic nitrogens is 4. The molecule has 6 nitrogen and oxygen atoms in total. The number of hydrogen-bond donors (Lipinski definition) is 2. The van der Waals surface area contributed by atoms with Crippen LogP contribution in [0.5, 0.6) is 0 Å². The van der Waals surface area contributed by atoms with Crippen molar-refractivity contribution in [2.45, 2.75) is 6.54 Å². The van der Waals surface area contributed by atoms with Crippen molar-refractivity contribution in [1.82, 2.24) is 19.7 Å². The van der Waals surface area contributed by atoms with Gasteiger partial charge in [0.2, 0.25) is 11.9 Å². The minimum absolute atomic E-state index is 0.422. The number of H-pyrrole nitrogens is 1. The minimum Gasteiger partial charge on any atom is -0.368 e. The third-order valence-electron chi connectivity index (χ3n) is 2.31. The Kier molecular flexibility index (Phi) is 2.32. The number of nitrogens with zero attached hydrogens (tertiary/aromatic N) is 4. The van der Waals surface area contributed by atoms with Crippen molar-refractivity contribution in [3.63, 3.8) is 0 Å². The zero-order chi connectivity index (χ0) is 10.8. The number of rotatable bonds is 3. The van der Waals surface area contributed by atoms with Gasteiger partial charge in [-0.05, 0) is 11.6 Å². The Hall–Kier alpha value is -1.98. The Bertz CT molecular complexity index is 429. The van der Waals surface area contributed by atoms with Crippen molar-refractivity contribution < 1.29 is 0 Å². The molecule has 0 saturated heterocycles. The highest BCUT2D eigenvalue weighted by molar-refractivity contribution is 5.36. The predicted octanol–water partition coefficient (Wildman–Crippen LogP) is 0.362. The number of aromatic amines is 1. The standard InChI is InChI=1S/C9H14N6/c1-14(6-7-3-4-11-5-7)9-13-12-8(10)15(9)2/h3-5,11H,6H2,1-2H3,(H2,10,12). The number of nitrogen functional groups attached to an aromatic ring is 1. The summed E-state index contributed by atoms with van der Waals surface area (Å²) in [7, 11) is 3.80. The van der Waals surface area contributed by atoms with E-state index in [1.54, 1.807) is 4.57 Å². The van der Waals surface area contributed by atoms with E-state index in [1.165, 1.54) is 5.56 Å². The second-order valence-electron chi connectivity index (χ2n) is 3.49. The predicted molar refractivity (Wildman–Crippen MR) is 58.3 cm³/mol. The lowest BCUT2D eigenvalue weighted by Gasteiger charge is -2.16. The van der Waals surface area contributed by atoms with Crippen LogP contribution in [0.25, 0.3) is 0 Å². The summed E-state index contributed by atoms with van der Waals surface area (Å²) >= 11 is 0. The van der Waals surface area contributed by atoms with Crippen molar-refractivity contribution in [2.24, 2.45) is 7.05 Å². The van der Waals surface area contributed by atoms with E-state index in [2.05, 4.69) is 15.2 Å². The van der Waals surface area contributed by atoms with Crippen molar-refractivity contribution in [3.05, 3.63) is 24.0 Å². The van der Waals surface area contributed by atoms with Gasteiger partial charge in [0.1, 0.15) is 0 Å². The van der Waals surface area contributed by atoms with Gasteiger partial charge < -0.3 is 15.6 Å². The fourth-order valence-electron chi connectivity index (χ4n) is 1.47. The van der Waals surface area contributed by atoms with Gasteiger partial charge in [-0.1, -0.05) is 0 Å². The maximum atomic E-state index is 5.61. The van der Waals surface area contributed by atoms with E-state index >= 15 is 0 Å². The molecular formula is C9H14N6. The zero-order valence-electron chi connectivity index (χ0n) is 8.81. The molecule has 0 aliphatic rings. The molecule has 80 valence electrons. The molecular weight excluding hydrogens is 192 g/mol. The molecule has 0 radical (unpaired) electrons. The maximum Gasteiger partial charge on any atom is 0.228 e. The van der Waals surface area contributed by atoms with E-state index < -0.39 is 0 Å². The van der Waals surface area contributed by atoms with Gasteiger partial charge in [0.15, 0.2) is 0 Å². The Morgan fingerprint density at radius 1 is 1.53 bits per heavy atom. The third-order valence-corrected chi connectivity index (χ3v) is 2.31. The SMILES string of the molecule is CN(Cc1cc[nH]c1)c1nnc(N)n1C. The highest BCUT2D eigenvalue weighted by atomic mass is 15.4. The molecule has 0 unspecified atom stereocenters. The molecule has 2 heterocycles. The molecule has 2 aromatic heterocycles. The van der Waals surface area contributed by atoms with Crippen LogP contribution < -0.4 is 10.6 Å². The Morgan fingerprint density at radius 2 is 2.33 bits per heavy atom. The first kappa shape index (κ1) is 9.57. The molecule has 0 amide bonds. The molecule has 0 aliphatic carbocycles. The highest BCUT2D eigenvalue weighted by Gasteiger charge is 2.10. The van der Waals surface area contributed by atoms with E-state index in [4.69, 9.17) is 5.73 Å². The van der Waals surface area contributed by atoms with E-state index in [9.17, 15) is 0 Å². The number of hydrogen-bond acceptors (Lipinski definition) is 4. The lowest BCUT2D eigenvalue weighted by molar-refractivity contribution is 0.810. The van der Waals surface area contributed by atoms with Gasteiger partial charge >= 0.3 is 0 Å². The quantitative estimate of drug-likeness (QED) is 0.760. The smallest absolute Gasteiger partial charge is 0.228 e. The van der Waals surface area contributed by atoms with Gasteiger partial charge in [-0.3, -0.25) is 4.57 Å². The molecule has 0 bridgehead atoms.